The van der Waals surface area contributed by atoms with Crippen LogP contribution in [-0.4, -0.2) is 73.4 Å². The van der Waals surface area contributed by atoms with E-state index >= 15 is 0 Å². The minimum absolute atomic E-state index is 0.0554. The van der Waals surface area contributed by atoms with E-state index in [-0.39, 0.29) is 19.1 Å². The molecule has 0 aromatic carbocycles. The lowest BCUT2D eigenvalue weighted by molar-refractivity contribution is -0.870. The molecule has 3 unspecified atom stereocenters. The fraction of sp³-hybridized carbons (Fsp3) is 0.900. The molecule has 0 aliphatic carbocycles. The van der Waals surface area contributed by atoms with Gasteiger partial charge in [-0.3, -0.25) is 13.8 Å². The molecular weight excluding hydrogens is 996 g/mol. The van der Waals surface area contributed by atoms with Gasteiger partial charge in [0.15, 0.2) is 0 Å². The average molecular weight is 1130 g/mol. The number of quaternary nitrogens is 1. The molecule has 0 fully saturated rings. The number of hydrogen-bond acceptors (Lipinski definition) is 5. The molecule has 0 aromatic rings. The topological polar surface area (TPSA) is 105 Å². The second kappa shape index (κ2) is 61.3. The third kappa shape index (κ3) is 64.1. The summed E-state index contributed by atoms with van der Waals surface area (Å²) in [6.45, 7) is 4.85. The maximum Gasteiger partial charge on any atom is 0.472 e. The zero-order valence-electron chi connectivity index (χ0n) is 53.6. The summed E-state index contributed by atoms with van der Waals surface area (Å²) in [7, 11) is 1.56. The van der Waals surface area contributed by atoms with Gasteiger partial charge in [0.1, 0.15) is 13.2 Å². The molecule has 9 heteroatoms. The Balaban J connectivity index is 4.09. The number of carbonyl (C=O) groups excluding carboxylic acids is 1. The molecule has 468 valence electrons. The second-order valence-corrected chi connectivity index (χ2v) is 26.7. The largest absolute Gasteiger partial charge is 0.472 e. The number of nitrogens with one attached hydrogen (secondary N) is 1. The van der Waals surface area contributed by atoms with E-state index in [0.717, 1.165) is 44.9 Å². The smallest absolute Gasteiger partial charge is 0.387 e. The molecule has 0 saturated carbocycles. The van der Waals surface area contributed by atoms with Crippen molar-refractivity contribution in [3.05, 3.63) is 36.5 Å². The molecule has 79 heavy (non-hydrogen) atoms. The lowest BCUT2D eigenvalue weighted by Crippen LogP contribution is -2.45. The number of aliphatic hydroxyl groups is 1. The van der Waals surface area contributed by atoms with Crippen LogP contribution in [0.4, 0.5) is 0 Å². The summed E-state index contributed by atoms with van der Waals surface area (Å²) in [5.74, 6) is -0.183. The molecule has 0 aromatic heterocycles. The highest BCUT2D eigenvalue weighted by atomic mass is 31.2. The number of phosphoric acid groups is 1. The molecule has 3 atom stereocenters. The number of carbonyl (C=O) groups is 1. The SMILES string of the molecule is CCCCCCCCCCCCCCCCCC/C=C/CC/C=C/CC/C=C/C(O)C(COP(=O)(O)OCC[N+](C)(C)C)NC(=O)CCCCCCCCCCCCCCCCCCCCCCCCCCCCCCCCC. The first-order valence-electron chi connectivity index (χ1n) is 34.9. The van der Waals surface area contributed by atoms with E-state index in [4.69, 9.17) is 9.05 Å². The maximum absolute atomic E-state index is 13.0. The molecule has 0 radical (unpaired) electrons. The number of amides is 1. The Labute approximate surface area is 493 Å². The molecule has 8 nitrogen and oxygen atoms in total. The summed E-state index contributed by atoms with van der Waals surface area (Å²) in [4.78, 5) is 23.4. The highest BCUT2D eigenvalue weighted by molar-refractivity contribution is 7.47. The first kappa shape index (κ1) is 77.7. The van der Waals surface area contributed by atoms with Crippen molar-refractivity contribution in [1.29, 1.82) is 0 Å². The Morgan fingerprint density at radius 1 is 0.418 bits per heavy atom. The molecule has 3 N–H and O–H groups in total. The van der Waals surface area contributed by atoms with E-state index < -0.39 is 20.0 Å². The van der Waals surface area contributed by atoms with Crippen LogP contribution in [0.5, 0.6) is 0 Å². The van der Waals surface area contributed by atoms with Crippen molar-refractivity contribution in [2.45, 2.75) is 366 Å². The molecule has 0 aliphatic heterocycles. The summed E-state index contributed by atoms with van der Waals surface area (Å²) >= 11 is 0. The Bertz CT molecular complexity index is 1380. The second-order valence-electron chi connectivity index (χ2n) is 25.3. The Hall–Kier alpha value is -1.28. The molecule has 1 amide bonds. The van der Waals surface area contributed by atoms with Crippen LogP contribution in [0, 0.1) is 0 Å². The van der Waals surface area contributed by atoms with Crippen molar-refractivity contribution >= 4 is 13.7 Å². The highest BCUT2D eigenvalue weighted by Gasteiger charge is 2.28. The van der Waals surface area contributed by atoms with Crippen LogP contribution in [0.1, 0.15) is 354 Å². The minimum atomic E-state index is -4.36. The van der Waals surface area contributed by atoms with Gasteiger partial charge in [-0.2, -0.15) is 0 Å². The predicted molar refractivity (Wildman–Crippen MR) is 346 cm³/mol. The fourth-order valence-corrected chi connectivity index (χ4v) is 11.4. The third-order valence-corrected chi connectivity index (χ3v) is 17.1. The van der Waals surface area contributed by atoms with E-state index in [1.165, 1.54) is 289 Å². The number of nitrogens with zero attached hydrogens (tertiary/aromatic N) is 1. The Morgan fingerprint density at radius 2 is 0.696 bits per heavy atom. The van der Waals surface area contributed by atoms with Crippen LogP contribution in [0.3, 0.4) is 0 Å². The number of unbranched alkanes of at least 4 members (excludes halogenated alkanes) is 48. The summed E-state index contributed by atoms with van der Waals surface area (Å²) in [5.41, 5.74) is 0. The fourth-order valence-electron chi connectivity index (χ4n) is 10.7. The zero-order valence-corrected chi connectivity index (χ0v) is 54.5. The van der Waals surface area contributed by atoms with E-state index in [0.29, 0.717) is 17.4 Å². The van der Waals surface area contributed by atoms with Crippen molar-refractivity contribution < 1.29 is 32.9 Å². The van der Waals surface area contributed by atoms with E-state index in [9.17, 15) is 19.4 Å². The van der Waals surface area contributed by atoms with E-state index in [2.05, 4.69) is 43.5 Å². The van der Waals surface area contributed by atoms with Crippen molar-refractivity contribution in [3.63, 3.8) is 0 Å². The first-order valence-corrected chi connectivity index (χ1v) is 36.4. The molecule has 0 rings (SSSR count). The summed E-state index contributed by atoms with van der Waals surface area (Å²) in [6, 6.07) is -0.869. The van der Waals surface area contributed by atoms with Crippen LogP contribution in [0.2, 0.25) is 0 Å². The lowest BCUT2D eigenvalue weighted by atomic mass is 10.0. The van der Waals surface area contributed by atoms with Gasteiger partial charge in [-0.15, -0.1) is 0 Å². The minimum Gasteiger partial charge on any atom is -0.387 e. The summed E-state index contributed by atoms with van der Waals surface area (Å²) < 4.78 is 23.8. The number of hydrogen-bond donors (Lipinski definition) is 3. The average Bonchev–Trinajstić information content (AvgIpc) is 3.42. The number of phosphoric ester groups is 1. The van der Waals surface area contributed by atoms with Gasteiger partial charge < -0.3 is 19.8 Å². The molecule has 0 bridgehead atoms. The van der Waals surface area contributed by atoms with Crippen molar-refractivity contribution in [2.24, 2.45) is 0 Å². The number of allylic oxidation sites excluding steroid dienone is 5. The molecule has 0 heterocycles. The van der Waals surface area contributed by atoms with Crippen LogP contribution in [0.25, 0.3) is 0 Å². The van der Waals surface area contributed by atoms with Gasteiger partial charge >= 0.3 is 7.82 Å². The van der Waals surface area contributed by atoms with Crippen LogP contribution >= 0.6 is 7.82 Å². The normalized spacial score (nSPS) is 13.9. The van der Waals surface area contributed by atoms with Crippen LogP contribution in [0.15, 0.2) is 36.5 Å². The van der Waals surface area contributed by atoms with Gasteiger partial charge in [-0.05, 0) is 44.9 Å². The van der Waals surface area contributed by atoms with Gasteiger partial charge in [-0.25, -0.2) is 4.57 Å². The van der Waals surface area contributed by atoms with Gasteiger partial charge in [0.2, 0.25) is 5.91 Å². The predicted octanol–water partition coefficient (Wildman–Crippen LogP) is 22.1. The Morgan fingerprint density at radius 3 is 1.01 bits per heavy atom. The van der Waals surface area contributed by atoms with Crippen molar-refractivity contribution in [1.82, 2.24) is 5.32 Å². The monoisotopic (exact) mass is 1130 g/mol. The lowest BCUT2D eigenvalue weighted by Gasteiger charge is -2.25. The molecule has 0 spiro atoms. The van der Waals surface area contributed by atoms with E-state index in [1.807, 2.05) is 27.2 Å². The first-order chi connectivity index (χ1) is 38.5. The van der Waals surface area contributed by atoms with E-state index in [1.54, 1.807) is 6.08 Å². The van der Waals surface area contributed by atoms with Gasteiger partial charge in [0.25, 0.3) is 0 Å². The maximum atomic E-state index is 13.0. The quantitative estimate of drug-likeness (QED) is 0.0243. The number of rotatable bonds is 65. The highest BCUT2D eigenvalue weighted by Crippen LogP contribution is 2.43. The molecular formula is C70H138N2O6P+. The van der Waals surface area contributed by atoms with Crippen molar-refractivity contribution in [3.8, 4) is 0 Å². The Kier molecular flexibility index (Phi) is 60.3. The molecule has 0 saturated heterocycles. The van der Waals surface area contributed by atoms with Gasteiger partial charge in [-0.1, -0.05) is 339 Å². The summed E-state index contributed by atoms with van der Waals surface area (Å²) in [6.07, 6.45) is 81.6. The number of aliphatic hydroxyl groups excluding tert-OH is 1. The van der Waals surface area contributed by atoms with Crippen LogP contribution in [-0.2, 0) is 18.4 Å². The summed E-state index contributed by atoms with van der Waals surface area (Å²) in [5, 5.41) is 14.0. The van der Waals surface area contributed by atoms with Gasteiger partial charge in [0.05, 0.1) is 39.9 Å². The number of likely N-dealkylation sites (N-methyl/N-ethyl adjacent to an activating group) is 1. The molecule has 0 aliphatic rings. The van der Waals surface area contributed by atoms with Crippen LogP contribution < -0.4 is 5.32 Å². The van der Waals surface area contributed by atoms with Crippen molar-refractivity contribution in [2.75, 3.05) is 40.9 Å². The zero-order chi connectivity index (χ0) is 57.7. The van der Waals surface area contributed by atoms with Gasteiger partial charge in [0, 0.05) is 6.42 Å². The third-order valence-electron chi connectivity index (χ3n) is 16.1. The standard InChI is InChI=1S/C70H137N2O6P/c1-6-8-10-12-14-16-18-20-22-24-26-28-30-32-34-35-36-37-38-40-42-44-46-48-50-52-54-56-58-60-62-64-70(74)71-68(67-78-79(75,76)77-66-65-72(3,4)5)69(73)63-61-59-57-55-53-51-49-47-45-43-41-39-33-31-29-27-25-23-21-19-17-15-13-11-9-7-2/h45,47,53,55,61,63,68-69,73H,6-44,46,48-52,54,56-60,62,64-67H2,1-5H3,(H-,71,74,75,76)/p+1/b47-45+,55-53+,63-61+.